The summed E-state index contributed by atoms with van der Waals surface area (Å²) >= 11 is 7.37. The Morgan fingerprint density at radius 3 is 2.15 bits per heavy atom. The lowest BCUT2D eigenvalue weighted by Gasteiger charge is -2.58. The molecule has 3 aliphatic heterocycles. The van der Waals surface area contributed by atoms with Crippen molar-refractivity contribution in [2.24, 2.45) is 21.8 Å². The van der Waals surface area contributed by atoms with Crippen LogP contribution in [-0.4, -0.2) is 49.9 Å². The molecule has 3 fully saturated rings. The predicted octanol–water partition coefficient (Wildman–Crippen LogP) is 12.1. The first kappa shape index (κ1) is 37.9. The first-order chi connectivity index (χ1) is 30.0. The van der Waals surface area contributed by atoms with Crippen molar-refractivity contribution in [2.45, 2.75) is 61.8 Å². The molecule has 2 saturated heterocycles. The van der Waals surface area contributed by atoms with Crippen molar-refractivity contribution in [2.75, 3.05) is 6.54 Å². The van der Waals surface area contributed by atoms with Gasteiger partial charge in [0.15, 0.2) is 11.9 Å². The van der Waals surface area contributed by atoms with Crippen LogP contribution < -0.4 is 0 Å². The van der Waals surface area contributed by atoms with Gasteiger partial charge >= 0.3 is 0 Å². The summed E-state index contributed by atoms with van der Waals surface area (Å²) in [4.78, 5) is 15.1. The zero-order valence-corrected chi connectivity index (χ0v) is 34.9. The molecule has 0 radical (unpaired) electrons. The fourth-order valence-corrected chi connectivity index (χ4v) is 12.2. The maximum atomic E-state index is 11.0. The van der Waals surface area contributed by atoms with E-state index >= 15 is 0 Å². The van der Waals surface area contributed by atoms with E-state index in [2.05, 4.69) is 104 Å². The molecule has 4 aliphatic rings. The van der Waals surface area contributed by atoms with Gasteiger partial charge in [0.05, 0.1) is 24.4 Å². The number of amidine groups is 1. The number of aliphatic imine (C=N–C) groups is 2. The van der Waals surface area contributed by atoms with Crippen LogP contribution >= 0.6 is 11.6 Å². The van der Waals surface area contributed by atoms with Crippen molar-refractivity contribution in [1.82, 2.24) is 4.98 Å². The molecule has 1 spiro atoms. The molecule has 4 heterocycles. The smallest absolute Gasteiger partial charge is 0.202 e. The van der Waals surface area contributed by atoms with Crippen LogP contribution in [0.3, 0.4) is 0 Å². The monoisotopic (exact) mass is 819 g/mol. The number of aromatic nitrogens is 1. The van der Waals surface area contributed by atoms with Crippen molar-refractivity contribution >= 4 is 34.2 Å². The zero-order valence-electron chi connectivity index (χ0n) is 34.2. The summed E-state index contributed by atoms with van der Waals surface area (Å²) in [6.07, 6.45) is 4.85. The number of aromatic hydroxyl groups is 1. The molecule has 0 amide bonds. The quantitative estimate of drug-likeness (QED) is 0.0849. The molecule has 6 nitrogen and oxygen atoms in total. The molecule has 1 N–H and O–H groups in total. The first-order valence-electron chi connectivity index (χ1n) is 21.7. The van der Waals surface area contributed by atoms with Crippen LogP contribution in [-0.2, 0) is 11.3 Å². The van der Waals surface area contributed by atoms with E-state index in [4.69, 9.17) is 31.3 Å². The van der Waals surface area contributed by atoms with Crippen molar-refractivity contribution in [3.8, 4) is 28.0 Å². The SMILES string of the molecule is CCC1C2CC(C(OC3=NC(c4ccccc4)=NC(Cl)C3c3ccccc3)c3ccnc4ccc(O)cc34)[N+]3(Cc4cc(-c5ccccc5)ccc4-c4ccccc4)CCC123. The van der Waals surface area contributed by atoms with Crippen LogP contribution in [0.4, 0.5) is 0 Å². The Kier molecular flexibility index (Phi) is 9.39. The number of hydrogen-bond acceptors (Lipinski definition) is 5. The lowest BCUT2D eigenvalue weighted by molar-refractivity contribution is -1.03. The highest BCUT2D eigenvalue weighted by atomic mass is 35.5. The Labute approximate surface area is 362 Å². The molecule has 1 aromatic heterocycles. The van der Waals surface area contributed by atoms with Crippen molar-refractivity contribution in [3.63, 3.8) is 0 Å². The van der Waals surface area contributed by atoms with Crippen molar-refractivity contribution < 1.29 is 14.3 Å². The van der Waals surface area contributed by atoms with E-state index in [1.165, 1.54) is 34.2 Å². The van der Waals surface area contributed by atoms with Gasteiger partial charge in [0.1, 0.15) is 29.4 Å². The minimum absolute atomic E-state index is 0.0745. The number of rotatable bonds is 10. The zero-order chi connectivity index (χ0) is 41.1. The topological polar surface area (TPSA) is 67.1 Å². The van der Waals surface area contributed by atoms with Gasteiger partial charge in [-0.2, -0.15) is 4.99 Å². The highest BCUT2D eigenvalue weighted by molar-refractivity contribution is 6.25. The fourth-order valence-electron chi connectivity index (χ4n) is 11.9. The van der Waals surface area contributed by atoms with E-state index in [0.29, 0.717) is 23.6 Å². The predicted molar refractivity (Wildman–Crippen MR) is 246 cm³/mol. The number of fused-ring (bicyclic) bond motifs is 1. The molecule has 6 aromatic carbocycles. The number of benzene rings is 6. The third kappa shape index (κ3) is 6.22. The second-order valence-electron chi connectivity index (χ2n) is 17.4. The average Bonchev–Trinajstić information content (AvgIpc) is 3.95. The maximum absolute atomic E-state index is 11.0. The minimum Gasteiger partial charge on any atom is -0.508 e. The molecule has 61 heavy (non-hydrogen) atoms. The summed E-state index contributed by atoms with van der Waals surface area (Å²) in [5.41, 5.74) is 9.54. The first-order valence-corrected chi connectivity index (χ1v) is 22.2. The third-order valence-electron chi connectivity index (χ3n) is 14.6. The summed E-state index contributed by atoms with van der Waals surface area (Å²) in [5.74, 6) is 2.15. The number of hydrogen-bond donors (Lipinski definition) is 1. The number of ether oxygens (including phenoxy) is 1. The van der Waals surface area contributed by atoms with Gasteiger partial charge in [0.25, 0.3) is 0 Å². The van der Waals surface area contributed by atoms with Crippen LogP contribution in [0.2, 0.25) is 0 Å². The van der Waals surface area contributed by atoms with E-state index in [-0.39, 0.29) is 17.3 Å². The van der Waals surface area contributed by atoms with E-state index < -0.39 is 17.5 Å². The lowest BCUT2D eigenvalue weighted by Crippen LogP contribution is -2.70. The van der Waals surface area contributed by atoms with Gasteiger partial charge in [-0.05, 0) is 64.6 Å². The van der Waals surface area contributed by atoms with Gasteiger partial charge in [0, 0.05) is 46.5 Å². The van der Waals surface area contributed by atoms with Gasteiger partial charge in [-0.3, -0.25) is 4.98 Å². The van der Waals surface area contributed by atoms with Crippen molar-refractivity contribution in [3.05, 3.63) is 192 Å². The maximum Gasteiger partial charge on any atom is 0.202 e. The minimum atomic E-state index is -0.641. The summed E-state index contributed by atoms with van der Waals surface area (Å²) in [6.45, 7) is 4.31. The second kappa shape index (κ2) is 15.1. The van der Waals surface area contributed by atoms with Crippen LogP contribution in [0.1, 0.15) is 60.5 Å². The van der Waals surface area contributed by atoms with Gasteiger partial charge in [-0.1, -0.05) is 152 Å². The number of halogens is 1. The number of piperidine rings is 1. The number of nitrogens with zero attached hydrogens (tertiary/aromatic N) is 4. The molecule has 1 aliphatic carbocycles. The number of pyridine rings is 1. The Morgan fingerprint density at radius 2 is 1.46 bits per heavy atom. The summed E-state index contributed by atoms with van der Waals surface area (Å²) < 4.78 is 8.66. The van der Waals surface area contributed by atoms with E-state index in [1.807, 2.05) is 66.9 Å². The number of phenols is 1. The summed E-state index contributed by atoms with van der Waals surface area (Å²) in [7, 11) is 0. The molecule has 11 rings (SSSR count). The van der Waals surface area contributed by atoms with Gasteiger partial charge in [-0.15, -0.1) is 0 Å². The largest absolute Gasteiger partial charge is 0.508 e. The number of phenolic OH excluding ortho intramolecular Hbond substituents is 1. The van der Waals surface area contributed by atoms with E-state index in [9.17, 15) is 5.11 Å². The van der Waals surface area contributed by atoms with Gasteiger partial charge < -0.3 is 14.3 Å². The molecular formula is C54H48ClN4O2+. The molecule has 8 atom stereocenters. The molecule has 0 bridgehead atoms. The van der Waals surface area contributed by atoms with Gasteiger partial charge in [-0.25, -0.2) is 4.99 Å². The average molecular weight is 820 g/mol. The van der Waals surface area contributed by atoms with Crippen LogP contribution in [0.15, 0.2) is 180 Å². The Bertz CT molecular complexity index is 2800. The Hall–Kier alpha value is -6.08. The summed E-state index contributed by atoms with van der Waals surface area (Å²) in [5, 5.41) is 11.9. The molecule has 1 saturated carbocycles. The normalized spacial score (nSPS) is 26.6. The third-order valence-corrected chi connectivity index (χ3v) is 14.9. The molecule has 8 unspecified atom stereocenters. The molecule has 7 aromatic rings. The number of alkyl halides is 1. The highest BCUT2D eigenvalue weighted by Gasteiger charge is 2.87. The molecular weight excluding hydrogens is 772 g/mol. The Morgan fingerprint density at radius 1 is 0.770 bits per heavy atom. The second-order valence-corrected chi connectivity index (χ2v) is 17.8. The number of quaternary nitrogens is 1. The molecule has 302 valence electrons. The van der Waals surface area contributed by atoms with Crippen LogP contribution in [0, 0.1) is 11.8 Å². The highest BCUT2D eigenvalue weighted by Crippen LogP contribution is 2.76. The molecule has 7 heteroatoms. The fraction of sp³-hybridized carbons (Fsp3) is 0.241. The standard InChI is InChI=1S/C54H47ClN4O2/c1-2-45-46-33-48(59(30-28-54(45,46)59)34-40-31-39(35-15-7-3-8-16-35)23-25-42(40)36-17-9-4-10-18-36)50(43-27-29-56-47-26-24-41(60)32-44(43)47)61-53-49(37-19-11-5-12-20-37)51(55)57-52(58-53)38-21-13-6-14-22-38/h3-27,29,31-32,45-46,48-51H,2,28,30,33-34H2,1H3/p+1. The van der Waals surface area contributed by atoms with Gasteiger partial charge in [0.2, 0.25) is 5.90 Å². The van der Waals surface area contributed by atoms with Crippen molar-refractivity contribution in [1.29, 1.82) is 0 Å². The van der Waals surface area contributed by atoms with Crippen LogP contribution in [0.25, 0.3) is 33.2 Å². The van der Waals surface area contributed by atoms with E-state index in [1.54, 1.807) is 6.07 Å². The lowest BCUT2D eigenvalue weighted by atomic mass is 9.84. The van der Waals surface area contributed by atoms with Crippen LogP contribution in [0.5, 0.6) is 5.75 Å². The Balaban J connectivity index is 1.10. The summed E-state index contributed by atoms with van der Waals surface area (Å²) in [6, 6.07) is 56.7. The van der Waals surface area contributed by atoms with E-state index in [0.717, 1.165) is 58.0 Å².